The molecule has 0 spiro atoms. The lowest BCUT2D eigenvalue weighted by molar-refractivity contribution is 0.508. The van der Waals surface area contributed by atoms with Crippen molar-refractivity contribution in [2.75, 3.05) is 6.54 Å². The van der Waals surface area contributed by atoms with Crippen molar-refractivity contribution in [3.8, 4) is 0 Å². The minimum atomic E-state index is -0.190. The second kappa shape index (κ2) is 8.35. The molecule has 1 rings (SSSR count). The predicted molar refractivity (Wildman–Crippen MR) is 89.5 cm³/mol. The van der Waals surface area contributed by atoms with Gasteiger partial charge < -0.3 is 11.1 Å². The van der Waals surface area contributed by atoms with Crippen LogP contribution in [0.3, 0.4) is 0 Å². The highest BCUT2D eigenvalue weighted by Crippen LogP contribution is 2.06. The zero-order valence-electron chi connectivity index (χ0n) is 11.7. The maximum atomic E-state index is 12.9. The molecule has 1 aromatic rings. The third-order valence-corrected chi connectivity index (χ3v) is 2.30. The van der Waals surface area contributed by atoms with E-state index in [2.05, 4.69) is 10.3 Å². The van der Waals surface area contributed by atoms with Crippen molar-refractivity contribution in [3.63, 3.8) is 0 Å². The first kappa shape index (κ1) is 18.1. The van der Waals surface area contributed by atoms with Gasteiger partial charge in [-0.2, -0.15) is 0 Å². The number of nitrogens with two attached hydrogens (primary N) is 1. The standard InChI is InChI=1S/C14H22FN3.HI/c1-14(2,3)18-13(16)17-9-5-7-11-6-4-8-12(15)10-11;/h4,6,8,10H,5,7,9H2,1-3H3,(H3,16,17,18);1H. The van der Waals surface area contributed by atoms with Crippen LogP contribution in [0.4, 0.5) is 4.39 Å². The molecule has 0 saturated carbocycles. The van der Waals surface area contributed by atoms with Gasteiger partial charge in [0.15, 0.2) is 5.96 Å². The van der Waals surface area contributed by atoms with Crippen LogP contribution in [0.25, 0.3) is 0 Å². The lowest BCUT2D eigenvalue weighted by atomic mass is 10.1. The summed E-state index contributed by atoms with van der Waals surface area (Å²) >= 11 is 0. The van der Waals surface area contributed by atoms with Gasteiger partial charge in [-0.1, -0.05) is 12.1 Å². The maximum Gasteiger partial charge on any atom is 0.188 e. The van der Waals surface area contributed by atoms with Crippen LogP contribution < -0.4 is 11.1 Å². The number of aliphatic imine (C=N–C) groups is 1. The van der Waals surface area contributed by atoms with Crippen molar-refractivity contribution in [2.45, 2.75) is 39.2 Å². The Balaban J connectivity index is 0.00000324. The fraction of sp³-hybridized carbons (Fsp3) is 0.500. The van der Waals surface area contributed by atoms with E-state index >= 15 is 0 Å². The minimum absolute atomic E-state index is 0. The molecule has 0 unspecified atom stereocenters. The summed E-state index contributed by atoms with van der Waals surface area (Å²) in [5, 5.41) is 3.09. The third-order valence-electron chi connectivity index (χ3n) is 2.30. The van der Waals surface area contributed by atoms with Crippen LogP contribution in [0.15, 0.2) is 29.3 Å². The largest absolute Gasteiger partial charge is 0.370 e. The molecular formula is C14H23FIN3. The highest BCUT2D eigenvalue weighted by molar-refractivity contribution is 14.0. The van der Waals surface area contributed by atoms with Gasteiger partial charge in [0.25, 0.3) is 0 Å². The zero-order chi connectivity index (χ0) is 13.6. The van der Waals surface area contributed by atoms with E-state index in [0.29, 0.717) is 12.5 Å². The minimum Gasteiger partial charge on any atom is -0.370 e. The number of benzene rings is 1. The van der Waals surface area contributed by atoms with Gasteiger partial charge in [0.1, 0.15) is 5.82 Å². The number of guanidine groups is 1. The molecule has 3 nitrogen and oxygen atoms in total. The molecule has 19 heavy (non-hydrogen) atoms. The van der Waals surface area contributed by atoms with Gasteiger partial charge >= 0.3 is 0 Å². The Morgan fingerprint density at radius 2 is 2.05 bits per heavy atom. The van der Waals surface area contributed by atoms with E-state index in [4.69, 9.17) is 5.73 Å². The maximum absolute atomic E-state index is 12.9. The van der Waals surface area contributed by atoms with Gasteiger partial charge in [-0.15, -0.1) is 24.0 Å². The molecule has 108 valence electrons. The molecule has 0 saturated heterocycles. The number of rotatable bonds is 4. The summed E-state index contributed by atoms with van der Waals surface area (Å²) in [5.41, 5.74) is 6.66. The van der Waals surface area contributed by atoms with Crippen LogP contribution in [0.1, 0.15) is 32.8 Å². The van der Waals surface area contributed by atoms with Gasteiger partial charge in [0.05, 0.1) is 0 Å². The van der Waals surface area contributed by atoms with Crippen molar-refractivity contribution in [1.82, 2.24) is 5.32 Å². The summed E-state index contributed by atoms with van der Waals surface area (Å²) in [5.74, 6) is 0.270. The predicted octanol–water partition coefficient (Wildman–Crippen LogP) is 3.08. The number of nitrogens with one attached hydrogen (secondary N) is 1. The van der Waals surface area contributed by atoms with E-state index in [1.165, 1.54) is 6.07 Å². The Morgan fingerprint density at radius 1 is 1.37 bits per heavy atom. The summed E-state index contributed by atoms with van der Waals surface area (Å²) in [6.45, 7) is 6.73. The average molecular weight is 379 g/mol. The fourth-order valence-corrected chi connectivity index (χ4v) is 1.60. The second-order valence-electron chi connectivity index (χ2n) is 5.38. The SMILES string of the molecule is CC(C)(C)NC(N)=NCCCc1cccc(F)c1.I. The van der Waals surface area contributed by atoms with Gasteiger partial charge in [-0.05, 0) is 51.3 Å². The highest BCUT2D eigenvalue weighted by atomic mass is 127. The topological polar surface area (TPSA) is 50.4 Å². The Hall–Kier alpha value is -0.850. The number of hydrogen-bond donors (Lipinski definition) is 2. The zero-order valence-corrected chi connectivity index (χ0v) is 14.1. The molecule has 0 aliphatic heterocycles. The van der Waals surface area contributed by atoms with Crippen molar-refractivity contribution >= 4 is 29.9 Å². The fourth-order valence-electron chi connectivity index (χ4n) is 1.60. The van der Waals surface area contributed by atoms with E-state index in [0.717, 1.165) is 18.4 Å². The summed E-state index contributed by atoms with van der Waals surface area (Å²) < 4.78 is 12.9. The first-order valence-electron chi connectivity index (χ1n) is 6.19. The first-order chi connectivity index (χ1) is 8.37. The van der Waals surface area contributed by atoms with Crippen LogP contribution in [0, 0.1) is 5.82 Å². The molecule has 0 fully saturated rings. The third kappa shape index (κ3) is 8.80. The van der Waals surface area contributed by atoms with Gasteiger partial charge in [-0.25, -0.2) is 4.39 Å². The molecule has 5 heteroatoms. The van der Waals surface area contributed by atoms with Crippen LogP contribution in [0.5, 0.6) is 0 Å². The van der Waals surface area contributed by atoms with E-state index in [9.17, 15) is 4.39 Å². The Labute approximate surface area is 131 Å². The molecule has 0 heterocycles. The molecule has 0 aliphatic carbocycles. The Bertz CT molecular complexity index is 413. The molecular weight excluding hydrogens is 356 g/mol. The summed E-state index contributed by atoms with van der Waals surface area (Å²) in [4.78, 5) is 4.24. The number of hydrogen-bond acceptors (Lipinski definition) is 1. The molecule has 0 bridgehead atoms. The van der Waals surface area contributed by atoms with E-state index in [1.54, 1.807) is 12.1 Å². The smallest absolute Gasteiger partial charge is 0.188 e. The van der Waals surface area contributed by atoms with E-state index < -0.39 is 0 Å². The highest BCUT2D eigenvalue weighted by Gasteiger charge is 2.09. The van der Waals surface area contributed by atoms with E-state index in [-0.39, 0.29) is 35.3 Å². The van der Waals surface area contributed by atoms with Gasteiger partial charge in [0.2, 0.25) is 0 Å². The lowest BCUT2D eigenvalue weighted by Crippen LogP contribution is -2.45. The molecule has 3 N–H and O–H groups in total. The molecule has 0 atom stereocenters. The van der Waals surface area contributed by atoms with Crippen molar-refractivity contribution in [3.05, 3.63) is 35.6 Å². The normalized spacial score (nSPS) is 11.9. The Kier molecular flexibility index (Phi) is 7.97. The molecule has 0 radical (unpaired) electrons. The quantitative estimate of drug-likeness (QED) is 0.366. The Morgan fingerprint density at radius 3 is 2.63 bits per heavy atom. The number of aryl methyl sites for hydroxylation is 1. The molecule has 0 aromatic heterocycles. The lowest BCUT2D eigenvalue weighted by Gasteiger charge is -2.20. The molecule has 0 amide bonds. The number of nitrogens with zero attached hydrogens (tertiary/aromatic N) is 1. The van der Waals surface area contributed by atoms with Crippen LogP contribution in [0.2, 0.25) is 0 Å². The monoisotopic (exact) mass is 379 g/mol. The van der Waals surface area contributed by atoms with Crippen LogP contribution in [-0.2, 0) is 6.42 Å². The van der Waals surface area contributed by atoms with Gasteiger partial charge in [0, 0.05) is 12.1 Å². The average Bonchev–Trinajstić information content (AvgIpc) is 2.22. The van der Waals surface area contributed by atoms with Crippen molar-refractivity contribution < 1.29 is 4.39 Å². The second-order valence-corrected chi connectivity index (χ2v) is 5.38. The van der Waals surface area contributed by atoms with Crippen molar-refractivity contribution in [1.29, 1.82) is 0 Å². The van der Waals surface area contributed by atoms with Crippen LogP contribution >= 0.6 is 24.0 Å². The first-order valence-corrected chi connectivity index (χ1v) is 6.19. The van der Waals surface area contributed by atoms with Crippen LogP contribution in [-0.4, -0.2) is 18.0 Å². The summed E-state index contributed by atoms with van der Waals surface area (Å²) in [6.07, 6.45) is 1.67. The number of halogens is 2. The molecule has 1 aromatic carbocycles. The summed E-state index contributed by atoms with van der Waals surface area (Å²) in [7, 11) is 0. The van der Waals surface area contributed by atoms with Crippen molar-refractivity contribution in [2.24, 2.45) is 10.7 Å². The van der Waals surface area contributed by atoms with Gasteiger partial charge in [-0.3, -0.25) is 4.99 Å². The van der Waals surface area contributed by atoms with E-state index in [1.807, 2.05) is 26.8 Å². The summed E-state index contributed by atoms with van der Waals surface area (Å²) in [6, 6.07) is 6.65. The molecule has 0 aliphatic rings.